The minimum Gasteiger partial charge on any atom is -0.326 e. The van der Waals surface area contributed by atoms with Gasteiger partial charge in [0.25, 0.3) is 6.43 Å². The van der Waals surface area contributed by atoms with Gasteiger partial charge in [0.15, 0.2) is 0 Å². The minimum absolute atomic E-state index is 0.0734. The molecule has 1 aromatic carbocycles. The number of likely N-dealkylation sites (tertiary alicyclic amines) is 1. The fourth-order valence-corrected chi connectivity index (χ4v) is 2.91. The van der Waals surface area contributed by atoms with Crippen molar-refractivity contribution < 1.29 is 8.78 Å². The number of alkyl halides is 2. The monoisotopic (exact) mass is 268 g/mol. The Bertz CT molecular complexity index is 403. The van der Waals surface area contributed by atoms with Crippen LogP contribution in [0.1, 0.15) is 50.3 Å². The zero-order valence-electron chi connectivity index (χ0n) is 11.5. The van der Waals surface area contributed by atoms with E-state index in [4.69, 9.17) is 5.73 Å². The van der Waals surface area contributed by atoms with Gasteiger partial charge in [-0.1, -0.05) is 24.3 Å². The highest BCUT2D eigenvalue weighted by Crippen LogP contribution is 2.32. The fraction of sp³-hybridized carbons (Fsp3) is 0.600. The number of hydrogen-bond donors (Lipinski definition) is 1. The third-order valence-corrected chi connectivity index (χ3v) is 3.91. The lowest BCUT2D eigenvalue weighted by molar-refractivity contribution is 0.0946. The molecule has 0 bridgehead atoms. The molecule has 1 fully saturated rings. The molecule has 0 amide bonds. The Hall–Kier alpha value is -1.00. The van der Waals surface area contributed by atoms with Gasteiger partial charge in [0, 0.05) is 17.6 Å². The molecule has 2 N–H and O–H groups in total. The first-order chi connectivity index (χ1) is 9.00. The summed E-state index contributed by atoms with van der Waals surface area (Å²) in [5, 5.41) is 0. The highest BCUT2D eigenvalue weighted by atomic mass is 19.3. The Morgan fingerprint density at radius 3 is 2.37 bits per heavy atom. The largest absolute Gasteiger partial charge is 0.326 e. The number of rotatable bonds is 3. The van der Waals surface area contributed by atoms with Crippen molar-refractivity contribution in [1.82, 2.24) is 4.90 Å². The topological polar surface area (TPSA) is 29.3 Å². The molecular weight excluding hydrogens is 246 g/mol. The Morgan fingerprint density at radius 1 is 1.21 bits per heavy atom. The summed E-state index contributed by atoms with van der Waals surface area (Å²) in [7, 11) is 0. The van der Waals surface area contributed by atoms with Gasteiger partial charge in [-0.25, -0.2) is 8.78 Å². The van der Waals surface area contributed by atoms with E-state index < -0.39 is 6.43 Å². The summed E-state index contributed by atoms with van der Waals surface area (Å²) in [4.78, 5) is 2.37. The van der Waals surface area contributed by atoms with Crippen LogP contribution in [0.4, 0.5) is 8.78 Å². The maximum Gasteiger partial charge on any atom is 0.263 e. The van der Waals surface area contributed by atoms with Crippen molar-refractivity contribution in [3.05, 3.63) is 35.4 Å². The first-order valence-corrected chi connectivity index (χ1v) is 6.90. The molecule has 2 atom stereocenters. The number of piperidine rings is 1. The molecule has 19 heavy (non-hydrogen) atoms. The van der Waals surface area contributed by atoms with Gasteiger partial charge in [-0.2, -0.15) is 0 Å². The molecule has 106 valence electrons. The van der Waals surface area contributed by atoms with Crippen molar-refractivity contribution in [1.29, 1.82) is 0 Å². The van der Waals surface area contributed by atoms with E-state index in [0.29, 0.717) is 6.04 Å². The third kappa shape index (κ3) is 3.12. The van der Waals surface area contributed by atoms with Gasteiger partial charge < -0.3 is 5.73 Å². The Morgan fingerprint density at radius 2 is 1.84 bits per heavy atom. The van der Waals surface area contributed by atoms with Crippen molar-refractivity contribution in [2.75, 3.05) is 6.54 Å². The first-order valence-electron chi connectivity index (χ1n) is 6.90. The lowest BCUT2D eigenvalue weighted by Crippen LogP contribution is -2.48. The number of hydrogen-bond acceptors (Lipinski definition) is 2. The maximum absolute atomic E-state index is 12.6. The molecule has 2 rings (SSSR count). The molecule has 1 aliphatic rings. The number of benzene rings is 1. The van der Waals surface area contributed by atoms with Crippen LogP contribution >= 0.6 is 0 Å². The van der Waals surface area contributed by atoms with Crippen molar-refractivity contribution in [2.45, 2.75) is 51.2 Å². The van der Waals surface area contributed by atoms with Gasteiger partial charge in [-0.3, -0.25) is 4.90 Å². The minimum atomic E-state index is -2.41. The normalized spacial score (nSPS) is 25.2. The number of nitrogens with two attached hydrogens (primary N) is 1. The van der Waals surface area contributed by atoms with E-state index in [0.717, 1.165) is 24.9 Å². The summed E-state index contributed by atoms with van der Waals surface area (Å²) in [5.41, 5.74) is 7.37. The molecule has 1 heterocycles. The molecule has 0 saturated carbocycles. The molecule has 1 aromatic rings. The van der Waals surface area contributed by atoms with Gasteiger partial charge in [-0.05, 0) is 38.8 Å². The van der Waals surface area contributed by atoms with Crippen LogP contribution < -0.4 is 5.73 Å². The zero-order valence-corrected chi connectivity index (χ0v) is 11.5. The Labute approximate surface area is 113 Å². The number of halogens is 2. The zero-order chi connectivity index (χ0) is 14.0. The molecule has 2 nitrogen and oxygen atoms in total. The fourth-order valence-electron chi connectivity index (χ4n) is 2.91. The summed E-state index contributed by atoms with van der Waals surface area (Å²) < 4.78 is 25.2. The quantitative estimate of drug-likeness (QED) is 0.909. The second kappa shape index (κ2) is 5.97. The molecule has 0 aromatic heterocycles. The molecule has 4 heteroatoms. The van der Waals surface area contributed by atoms with Crippen LogP contribution in [0.5, 0.6) is 0 Å². The maximum atomic E-state index is 12.6. The van der Waals surface area contributed by atoms with Crippen LogP contribution in [0.15, 0.2) is 24.3 Å². The lowest BCUT2D eigenvalue weighted by atomic mass is 9.89. The smallest absolute Gasteiger partial charge is 0.263 e. The van der Waals surface area contributed by atoms with Crippen LogP contribution in [0, 0.1) is 0 Å². The van der Waals surface area contributed by atoms with E-state index in [1.54, 1.807) is 12.1 Å². The predicted molar refractivity (Wildman–Crippen MR) is 73.2 cm³/mol. The molecule has 0 spiro atoms. The van der Waals surface area contributed by atoms with Crippen LogP contribution in [0.3, 0.4) is 0 Å². The van der Waals surface area contributed by atoms with Crippen LogP contribution in [0.2, 0.25) is 0 Å². The first kappa shape index (κ1) is 14.4. The van der Waals surface area contributed by atoms with E-state index in [-0.39, 0.29) is 17.6 Å². The molecule has 2 unspecified atom stereocenters. The van der Waals surface area contributed by atoms with Crippen molar-refractivity contribution in [3.8, 4) is 0 Å². The molecule has 0 radical (unpaired) electrons. The second-order valence-electron chi connectivity index (χ2n) is 5.55. The average Bonchev–Trinajstić information content (AvgIpc) is 2.38. The highest BCUT2D eigenvalue weighted by Gasteiger charge is 2.31. The standard InChI is InChI=1S/C15H22F2N2/c1-10(2)19-9-3-4-13(18)14(19)11-5-7-12(8-6-11)15(16)17/h5-8,10,13-15H,3-4,9,18H2,1-2H3. The van der Waals surface area contributed by atoms with Crippen molar-refractivity contribution in [3.63, 3.8) is 0 Å². The van der Waals surface area contributed by atoms with E-state index >= 15 is 0 Å². The van der Waals surface area contributed by atoms with E-state index in [1.807, 2.05) is 0 Å². The second-order valence-corrected chi connectivity index (χ2v) is 5.55. The summed E-state index contributed by atoms with van der Waals surface area (Å²) in [6.45, 7) is 5.32. The predicted octanol–water partition coefficient (Wildman–Crippen LogP) is 3.50. The van der Waals surface area contributed by atoms with Crippen LogP contribution in [-0.4, -0.2) is 23.5 Å². The SMILES string of the molecule is CC(C)N1CCCC(N)C1c1ccc(C(F)F)cc1. The van der Waals surface area contributed by atoms with Crippen LogP contribution in [-0.2, 0) is 0 Å². The third-order valence-electron chi connectivity index (χ3n) is 3.91. The highest BCUT2D eigenvalue weighted by molar-refractivity contribution is 5.27. The molecule has 1 saturated heterocycles. The van der Waals surface area contributed by atoms with Gasteiger partial charge in [0.2, 0.25) is 0 Å². The molecular formula is C15H22F2N2. The van der Waals surface area contributed by atoms with Gasteiger partial charge in [0.1, 0.15) is 0 Å². The van der Waals surface area contributed by atoms with Crippen LogP contribution in [0.25, 0.3) is 0 Å². The van der Waals surface area contributed by atoms with E-state index in [9.17, 15) is 8.78 Å². The average molecular weight is 268 g/mol. The van der Waals surface area contributed by atoms with Crippen molar-refractivity contribution in [2.24, 2.45) is 5.73 Å². The lowest BCUT2D eigenvalue weighted by Gasteiger charge is -2.42. The van der Waals surface area contributed by atoms with Gasteiger partial charge in [0.05, 0.1) is 6.04 Å². The summed E-state index contributed by atoms with van der Waals surface area (Å²) >= 11 is 0. The summed E-state index contributed by atoms with van der Waals surface area (Å²) in [5.74, 6) is 0. The van der Waals surface area contributed by atoms with E-state index in [1.165, 1.54) is 12.1 Å². The number of nitrogens with zero attached hydrogens (tertiary/aromatic N) is 1. The Kier molecular flexibility index (Phi) is 4.53. The van der Waals surface area contributed by atoms with E-state index in [2.05, 4.69) is 18.7 Å². The van der Waals surface area contributed by atoms with Crippen molar-refractivity contribution >= 4 is 0 Å². The van der Waals surface area contributed by atoms with Gasteiger partial charge >= 0.3 is 0 Å². The molecule has 1 aliphatic heterocycles. The Balaban J connectivity index is 2.25. The van der Waals surface area contributed by atoms with Gasteiger partial charge in [-0.15, -0.1) is 0 Å². The summed E-state index contributed by atoms with van der Waals surface area (Å²) in [6, 6.07) is 7.25. The molecule has 0 aliphatic carbocycles. The summed E-state index contributed by atoms with van der Waals surface area (Å²) in [6.07, 6.45) is -0.314.